The van der Waals surface area contributed by atoms with Crippen LogP contribution in [0.15, 0.2) is 0 Å². The fraction of sp³-hybridized carbons (Fsp3) is 0.929. The second-order valence-corrected chi connectivity index (χ2v) is 5.68. The SMILES string of the molecule is CCCN1CCC(CNC(=O)[C@@H]2CCCN2)CC1. The summed E-state index contributed by atoms with van der Waals surface area (Å²) in [4.78, 5) is 14.4. The average molecular weight is 253 g/mol. The Labute approximate surface area is 110 Å². The maximum atomic E-state index is 11.9. The van der Waals surface area contributed by atoms with E-state index in [0.29, 0.717) is 5.92 Å². The van der Waals surface area contributed by atoms with Crippen LogP contribution in [0.3, 0.4) is 0 Å². The summed E-state index contributed by atoms with van der Waals surface area (Å²) in [5.41, 5.74) is 0. The van der Waals surface area contributed by atoms with E-state index in [1.54, 1.807) is 0 Å². The topological polar surface area (TPSA) is 44.4 Å². The van der Waals surface area contributed by atoms with Crippen molar-refractivity contribution < 1.29 is 4.79 Å². The number of rotatable bonds is 5. The first-order chi connectivity index (χ1) is 8.79. The van der Waals surface area contributed by atoms with Crippen molar-refractivity contribution in [1.82, 2.24) is 15.5 Å². The van der Waals surface area contributed by atoms with Crippen LogP contribution >= 0.6 is 0 Å². The third kappa shape index (κ3) is 3.95. The van der Waals surface area contributed by atoms with Gasteiger partial charge in [-0.2, -0.15) is 0 Å². The molecule has 2 aliphatic rings. The van der Waals surface area contributed by atoms with Crippen molar-refractivity contribution >= 4 is 5.91 Å². The van der Waals surface area contributed by atoms with Crippen LogP contribution in [0, 0.1) is 5.92 Å². The van der Waals surface area contributed by atoms with Crippen molar-refractivity contribution in [2.24, 2.45) is 5.92 Å². The number of nitrogens with one attached hydrogen (secondary N) is 2. The van der Waals surface area contributed by atoms with Crippen molar-refractivity contribution in [2.45, 2.75) is 45.1 Å². The monoisotopic (exact) mass is 253 g/mol. The van der Waals surface area contributed by atoms with Gasteiger partial charge in [0.05, 0.1) is 6.04 Å². The molecule has 2 heterocycles. The lowest BCUT2D eigenvalue weighted by molar-refractivity contribution is -0.123. The highest BCUT2D eigenvalue weighted by atomic mass is 16.2. The van der Waals surface area contributed by atoms with Crippen molar-refractivity contribution in [2.75, 3.05) is 32.7 Å². The maximum absolute atomic E-state index is 11.9. The summed E-state index contributed by atoms with van der Waals surface area (Å²) >= 11 is 0. The first-order valence-electron chi connectivity index (χ1n) is 7.53. The number of carbonyl (C=O) groups excluding carboxylic acids is 1. The lowest BCUT2D eigenvalue weighted by Crippen LogP contribution is -2.44. The molecule has 2 N–H and O–H groups in total. The molecular formula is C14H27N3O. The van der Waals surface area contributed by atoms with Crippen LogP contribution in [0.1, 0.15) is 39.0 Å². The molecule has 0 spiro atoms. The zero-order valence-corrected chi connectivity index (χ0v) is 11.6. The molecule has 18 heavy (non-hydrogen) atoms. The van der Waals surface area contributed by atoms with Gasteiger partial charge in [0.2, 0.25) is 5.91 Å². The Bertz CT molecular complexity index is 256. The molecule has 0 aromatic heterocycles. The van der Waals surface area contributed by atoms with Crippen molar-refractivity contribution in [3.8, 4) is 0 Å². The molecule has 1 atom stereocenters. The van der Waals surface area contributed by atoms with E-state index < -0.39 is 0 Å². The maximum Gasteiger partial charge on any atom is 0.237 e. The minimum atomic E-state index is 0.0742. The quantitative estimate of drug-likeness (QED) is 0.767. The van der Waals surface area contributed by atoms with Crippen LogP contribution in [-0.2, 0) is 4.79 Å². The van der Waals surface area contributed by atoms with Gasteiger partial charge in [-0.3, -0.25) is 4.79 Å². The summed E-state index contributed by atoms with van der Waals surface area (Å²) in [7, 11) is 0. The van der Waals surface area contributed by atoms with Crippen LogP contribution in [0.4, 0.5) is 0 Å². The van der Waals surface area contributed by atoms with Crippen LogP contribution < -0.4 is 10.6 Å². The van der Waals surface area contributed by atoms with Gasteiger partial charge in [-0.1, -0.05) is 6.92 Å². The molecule has 4 heteroatoms. The largest absolute Gasteiger partial charge is 0.354 e. The third-order valence-corrected chi connectivity index (χ3v) is 4.19. The van der Waals surface area contributed by atoms with Crippen LogP contribution in [0.5, 0.6) is 0 Å². The second kappa shape index (κ2) is 7.10. The minimum absolute atomic E-state index is 0.0742. The van der Waals surface area contributed by atoms with Crippen molar-refractivity contribution in [1.29, 1.82) is 0 Å². The molecule has 2 saturated heterocycles. The Kier molecular flexibility index (Phi) is 5.45. The van der Waals surface area contributed by atoms with Gasteiger partial charge >= 0.3 is 0 Å². The number of hydrogen-bond donors (Lipinski definition) is 2. The fourth-order valence-corrected chi connectivity index (χ4v) is 3.01. The van der Waals surface area contributed by atoms with Gasteiger partial charge in [0.15, 0.2) is 0 Å². The van der Waals surface area contributed by atoms with Gasteiger partial charge in [0, 0.05) is 6.54 Å². The summed E-state index contributed by atoms with van der Waals surface area (Å²) in [5.74, 6) is 0.895. The summed E-state index contributed by atoms with van der Waals surface area (Å²) < 4.78 is 0. The average Bonchev–Trinajstić information content (AvgIpc) is 2.92. The summed E-state index contributed by atoms with van der Waals surface area (Å²) in [6.45, 7) is 7.74. The molecule has 0 aromatic rings. The minimum Gasteiger partial charge on any atom is -0.354 e. The van der Waals surface area contributed by atoms with Gasteiger partial charge in [-0.15, -0.1) is 0 Å². The van der Waals surface area contributed by atoms with E-state index in [2.05, 4.69) is 22.5 Å². The van der Waals surface area contributed by atoms with E-state index in [-0.39, 0.29) is 11.9 Å². The zero-order chi connectivity index (χ0) is 12.8. The predicted octanol–water partition coefficient (Wildman–Crippen LogP) is 0.977. The van der Waals surface area contributed by atoms with E-state index in [0.717, 1.165) is 25.9 Å². The molecule has 2 rings (SSSR count). The molecule has 1 amide bonds. The van der Waals surface area contributed by atoms with Crippen LogP contribution in [0.2, 0.25) is 0 Å². The highest BCUT2D eigenvalue weighted by Crippen LogP contribution is 2.16. The summed E-state index contributed by atoms with van der Waals surface area (Å²) in [6.07, 6.45) is 5.85. The number of nitrogens with zero attached hydrogens (tertiary/aromatic N) is 1. The molecule has 2 fully saturated rings. The third-order valence-electron chi connectivity index (χ3n) is 4.19. The Morgan fingerprint density at radius 1 is 1.33 bits per heavy atom. The molecule has 4 nitrogen and oxygen atoms in total. The van der Waals surface area contributed by atoms with Gasteiger partial charge in [0.25, 0.3) is 0 Å². The first-order valence-corrected chi connectivity index (χ1v) is 7.53. The van der Waals surface area contributed by atoms with Gasteiger partial charge < -0.3 is 15.5 Å². The number of likely N-dealkylation sites (tertiary alicyclic amines) is 1. The highest BCUT2D eigenvalue weighted by Gasteiger charge is 2.23. The van der Waals surface area contributed by atoms with Crippen LogP contribution in [-0.4, -0.2) is 49.6 Å². The number of amides is 1. The lowest BCUT2D eigenvalue weighted by Gasteiger charge is -2.31. The Hall–Kier alpha value is -0.610. The number of piperidine rings is 1. The Balaban J connectivity index is 1.61. The Morgan fingerprint density at radius 2 is 2.11 bits per heavy atom. The van der Waals surface area contributed by atoms with E-state index in [9.17, 15) is 4.79 Å². The molecular weight excluding hydrogens is 226 g/mol. The van der Waals surface area contributed by atoms with E-state index >= 15 is 0 Å². The standard InChI is InChI=1S/C14H27N3O/c1-2-8-17-9-5-12(6-10-17)11-16-14(18)13-4-3-7-15-13/h12-13,15H,2-11H2,1H3,(H,16,18)/t13-/m0/s1. The van der Waals surface area contributed by atoms with E-state index in [4.69, 9.17) is 0 Å². The van der Waals surface area contributed by atoms with E-state index in [1.807, 2.05) is 0 Å². The fourth-order valence-electron chi connectivity index (χ4n) is 3.01. The lowest BCUT2D eigenvalue weighted by atomic mass is 9.96. The zero-order valence-electron chi connectivity index (χ0n) is 11.6. The number of hydrogen-bond acceptors (Lipinski definition) is 3. The molecule has 2 aliphatic heterocycles. The first kappa shape index (κ1) is 13.8. The molecule has 104 valence electrons. The molecule has 0 unspecified atom stereocenters. The Morgan fingerprint density at radius 3 is 2.72 bits per heavy atom. The van der Waals surface area contributed by atoms with E-state index in [1.165, 1.54) is 38.9 Å². The molecule has 0 radical (unpaired) electrons. The predicted molar refractivity (Wildman–Crippen MR) is 73.5 cm³/mol. The molecule has 0 aromatic carbocycles. The van der Waals surface area contributed by atoms with Crippen LogP contribution in [0.25, 0.3) is 0 Å². The van der Waals surface area contributed by atoms with Crippen molar-refractivity contribution in [3.05, 3.63) is 0 Å². The van der Waals surface area contributed by atoms with Gasteiger partial charge in [0.1, 0.15) is 0 Å². The summed E-state index contributed by atoms with van der Waals surface area (Å²) in [6, 6.07) is 0.0742. The smallest absolute Gasteiger partial charge is 0.237 e. The molecule has 0 aliphatic carbocycles. The second-order valence-electron chi connectivity index (χ2n) is 5.68. The van der Waals surface area contributed by atoms with Gasteiger partial charge in [-0.05, 0) is 64.2 Å². The molecule has 0 saturated carbocycles. The van der Waals surface area contributed by atoms with Gasteiger partial charge in [-0.25, -0.2) is 0 Å². The summed E-state index contributed by atoms with van der Waals surface area (Å²) in [5, 5.41) is 6.37. The number of carbonyl (C=O) groups is 1. The normalized spacial score (nSPS) is 26.4. The molecule has 0 bridgehead atoms. The van der Waals surface area contributed by atoms with Crippen molar-refractivity contribution in [3.63, 3.8) is 0 Å². The highest BCUT2D eigenvalue weighted by molar-refractivity contribution is 5.81.